The fourth-order valence-electron chi connectivity index (χ4n) is 6.42. The predicted molar refractivity (Wildman–Crippen MR) is 326 cm³/mol. The normalized spacial score (nSPS) is 18.8. The Balaban J connectivity index is 1.10. The number of hydrogen-bond acceptors (Lipinski definition) is 18. The van der Waals surface area contributed by atoms with Gasteiger partial charge in [0.15, 0.2) is 9.16 Å². The van der Waals surface area contributed by atoms with Crippen molar-refractivity contribution in [3.05, 3.63) is 34.5 Å². The van der Waals surface area contributed by atoms with Crippen LogP contribution in [0.5, 0.6) is 0 Å². The minimum Gasteiger partial charge on any atom is -0.378 e. The molecule has 0 fully saturated rings. The molecule has 2 aromatic rings. The van der Waals surface area contributed by atoms with Crippen LogP contribution in [0.4, 0.5) is 0 Å². The maximum absolute atomic E-state index is 6.12. The van der Waals surface area contributed by atoms with Gasteiger partial charge in [0.1, 0.15) is 45.3 Å². The third kappa shape index (κ3) is 24.1. The molecule has 4 nitrogen and oxygen atoms in total. The average Bonchev–Trinajstić information content (AvgIpc) is 4.14. The third-order valence-corrected chi connectivity index (χ3v) is 32.8. The first-order valence-corrected chi connectivity index (χ1v) is 38.6. The van der Waals surface area contributed by atoms with E-state index in [4.69, 9.17) is 18.9 Å². The molecule has 3 aliphatic heterocycles. The van der Waals surface area contributed by atoms with Crippen LogP contribution in [0.1, 0.15) is 125 Å². The summed E-state index contributed by atoms with van der Waals surface area (Å²) >= 11 is 31.7. The Morgan fingerprint density at radius 1 is 0.409 bits per heavy atom. The predicted octanol–water partition coefficient (Wildman–Crippen LogP) is 20.0. The van der Waals surface area contributed by atoms with E-state index in [1.165, 1.54) is 157 Å². The van der Waals surface area contributed by atoms with Crippen molar-refractivity contribution in [3.8, 4) is 0 Å². The molecule has 5 rings (SSSR count). The SMILES string of the molecule is CCCCCCCCCCSc1sc([C]2SC3=C(SCCOCCOCCSC4=C(SCCOCCOCCS3)S[C](c3sc(SC)c(SC)[s+]3)S4)S2)[s+]c1SCCCCCCCCCC. The van der Waals surface area contributed by atoms with Gasteiger partial charge in [0, 0.05) is 34.5 Å². The van der Waals surface area contributed by atoms with Crippen molar-refractivity contribution < 1.29 is 18.9 Å². The van der Waals surface area contributed by atoms with Crippen molar-refractivity contribution in [3.63, 3.8) is 0 Å². The number of rotatable bonds is 24. The van der Waals surface area contributed by atoms with Crippen molar-refractivity contribution in [2.75, 3.05) is 99.9 Å². The molecule has 2 aromatic heterocycles. The molecule has 0 bridgehead atoms. The quantitative estimate of drug-likeness (QED) is 0.0568. The maximum Gasteiger partial charge on any atom is 0.286 e. The van der Waals surface area contributed by atoms with Gasteiger partial charge in [-0.15, -0.1) is 47.0 Å². The summed E-state index contributed by atoms with van der Waals surface area (Å²) in [5.41, 5.74) is 0. The summed E-state index contributed by atoms with van der Waals surface area (Å²) < 4.78 is 41.8. The molecule has 2 radical (unpaired) electrons. The molecule has 0 aromatic carbocycles. The summed E-state index contributed by atoms with van der Waals surface area (Å²) in [4.78, 5) is 0. The average molecular weight is 1200 g/mol. The Morgan fingerprint density at radius 2 is 0.773 bits per heavy atom. The Morgan fingerprint density at radius 3 is 1.15 bits per heavy atom. The molecule has 0 unspecified atom stereocenters. The third-order valence-electron chi connectivity index (χ3n) is 9.90. The van der Waals surface area contributed by atoms with Gasteiger partial charge in [-0.25, -0.2) is 0 Å². The lowest BCUT2D eigenvalue weighted by Gasteiger charge is -2.09. The Labute approximate surface area is 467 Å². The second-order valence-corrected chi connectivity index (χ2v) is 34.7. The van der Waals surface area contributed by atoms with E-state index < -0.39 is 0 Å². The number of unbranched alkanes of at least 4 members (excludes halogenated alkanes) is 14. The molecule has 0 N–H and O–H groups in total. The van der Waals surface area contributed by atoms with Crippen molar-refractivity contribution in [2.45, 2.75) is 133 Å². The zero-order valence-corrected chi connectivity index (χ0v) is 52.4. The number of ether oxygens (including phenoxy) is 4. The molecule has 0 aliphatic carbocycles. The van der Waals surface area contributed by atoms with Gasteiger partial charge in [0.05, 0.1) is 69.8 Å². The smallest absolute Gasteiger partial charge is 0.286 e. The molecule has 5 heterocycles. The van der Waals surface area contributed by atoms with Gasteiger partial charge in [-0.1, -0.05) is 198 Å². The van der Waals surface area contributed by atoms with Crippen LogP contribution in [-0.4, -0.2) is 99.9 Å². The van der Waals surface area contributed by atoms with E-state index in [0.717, 1.165) is 49.4 Å². The lowest BCUT2D eigenvalue weighted by atomic mass is 10.1. The maximum atomic E-state index is 6.12. The van der Waals surface area contributed by atoms with Crippen LogP contribution in [0.3, 0.4) is 0 Å². The van der Waals surface area contributed by atoms with E-state index in [9.17, 15) is 0 Å². The van der Waals surface area contributed by atoms with Crippen LogP contribution < -0.4 is 0 Å². The summed E-state index contributed by atoms with van der Waals surface area (Å²) in [5.74, 6) is 6.25. The van der Waals surface area contributed by atoms with Gasteiger partial charge in [0.25, 0.3) is 8.38 Å². The summed E-state index contributed by atoms with van der Waals surface area (Å²) in [7, 11) is 0. The minimum atomic E-state index is 0.638. The standard InChI is InChI=1S/C46H72O4S16/c1-5-7-9-11-13-15-17-19-29-53-37-38(54-30-20-18-16-14-12-10-8-6-2)62-45(61-37)46-65-41-42(66-46)58-34-28-50-24-22-48-26-32-56-40-39(55-31-25-47-21-23-49-27-33-57-41)63-44(64-40)43-59-35(51-3)36(52-4)60-43/h5-34H2,1-4H3/q+2. The Hall–Kier alpha value is 3.62. The summed E-state index contributed by atoms with van der Waals surface area (Å²) in [6.45, 7) is 10.1. The molecule has 0 saturated heterocycles. The second kappa shape index (κ2) is 39.1. The van der Waals surface area contributed by atoms with Crippen molar-refractivity contribution in [2.24, 2.45) is 0 Å². The molecule has 0 saturated carbocycles. The van der Waals surface area contributed by atoms with E-state index in [2.05, 4.69) is 72.6 Å². The van der Waals surface area contributed by atoms with Gasteiger partial charge < -0.3 is 18.9 Å². The van der Waals surface area contributed by atoms with Crippen LogP contribution in [0.2, 0.25) is 0 Å². The highest BCUT2D eigenvalue weighted by molar-refractivity contribution is 8.40. The number of thioether (sulfide) groups is 12. The molecule has 66 heavy (non-hydrogen) atoms. The highest BCUT2D eigenvalue weighted by atomic mass is 32.3. The van der Waals surface area contributed by atoms with Gasteiger partial charge in [-0.05, 0) is 25.4 Å². The largest absolute Gasteiger partial charge is 0.378 e. The Bertz CT molecular complexity index is 1540. The van der Waals surface area contributed by atoms with E-state index in [0.29, 0.717) is 26.4 Å². The highest BCUT2D eigenvalue weighted by Gasteiger charge is 2.39. The monoisotopic (exact) mass is 1200 g/mol. The van der Waals surface area contributed by atoms with E-state index >= 15 is 0 Å². The van der Waals surface area contributed by atoms with Gasteiger partial charge >= 0.3 is 0 Å². The molecule has 0 atom stereocenters. The highest BCUT2D eigenvalue weighted by Crippen LogP contribution is 2.65. The van der Waals surface area contributed by atoms with Crippen LogP contribution in [0, 0.1) is 9.16 Å². The molecule has 20 heteroatoms. The first-order chi connectivity index (χ1) is 32.6. The lowest BCUT2D eigenvalue weighted by molar-refractivity contribution is 0.0605. The molecule has 3 aliphatic rings. The first-order valence-electron chi connectivity index (χ1n) is 23.7. The second-order valence-electron chi connectivity index (χ2n) is 15.2. The molecular weight excluding hydrogens is 1130 g/mol. The van der Waals surface area contributed by atoms with Gasteiger partial charge in [-0.3, -0.25) is 0 Å². The fourth-order valence-corrected chi connectivity index (χ4v) is 29.4. The summed E-state index contributed by atoms with van der Waals surface area (Å²) in [6.07, 6.45) is 26.5. The van der Waals surface area contributed by atoms with Crippen molar-refractivity contribution in [1.82, 2.24) is 0 Å². The van der Waals surface area contributed by atoms with Gasteiger partial charge in [0.2, 0.25) is 16.8 Å². The van der Waals surface area contributed by atoms with Crippen LogP contribution in [0.15, 0.2) is 33.8 Å². The lowest BCUT2D eigenvalue weighted by Crippen LogP contribution is -2.08. The van der Waals surface area contributed by atoms with Crippen LogP contribution >= 0.6 is 186 Å². The molecule has 0 amide bonds. The van der Waals surface area contributed by atoms with Crippen molar-refractivity contribution in [1.29, 1.82) is 0 Å². The topological polar surface area (TPSA) is 36.9 Å². The van der Waals surface area contributed by atoms with E-state index in [1.54, 1.807) is 8.42 Å². The zero-order chi connectivity index (χ0) is 46.3. The van der Waals surface area contributed by atoms with E-state index in [1.807, 2.05) is 140 Å². The summed E-state index contributed by atoms with van der Waals surface area (Å²) in [6, 6.07) is 0. The van der Waals surface area contributed by atoms with Crippen LogP contribution in [-0.2, 0) is 18.9 Å². The van der Waals surface area contributed by atoms with Crippen LogP contribution in [0.25, 0.3) is 0 Å². The summed E-state index contributed by atoms with van der Waals surface area (Å²) in [5, 5.41) is 0. The zero-order valence-electron chi connectivity index (χ0n) is 39.4. The molecule has 374 valence electrons. The van der Waals surface area contributed by atoms with E-state index in [-0.39, 0.29) is 0 Å². The Kier molecular flexibility index (Phi) is 35.8. The minimum absolute atomic E-state index is 0.638. The molecule has 0 spiro atoms. The van der Waals surface area contributed by atoms with Gasteiger partial charge in [-0.2, -0.15) is 0 Å². The van der Waals surface area contributed by atoms with Crippen molar-refractivity contribution >= 4 is 186 Å². The number of hydrogen-bond donors (Lipinski definition) is 0. The first kappa shape index (κ1) is 60.5. The molecular formula is C46H72O4S16+2. The fraction of sp³-hybridized carbons (Fsp3) is 0.739.